The van der Waals surface area contributed by atoms with Gasteiger partial charge < -0.3 is 9.13 Å². The van der Waals surface area contributed by atoms with E-state index in [4.69, 9.17) is 16.4 Å². The van der Waals surface area contributed by atoms with Crippen molar-refractivity contribution in [2.45, 2.75) is 6.92 Å². The molecule has 0 fully saturated rings. The lowest BCUT2D eigenvalue weighted by atomic mass is 10.0. The number of hydrogen-bond donors (Lipinski definition) is 0. The Balaban J connectivity index is 1.26. The fraction of sp³-hybridized carbons (Fsp3) is 0.0189. The van der Waals surface area contributed by atoms with Gasteiger partial charge in [-0.25, -0.2) is 9.97 Å². The predicted octanol–water partition coefficient (Wildman–Crippen LogP) is 13.2. The van der Waals surface area contributed by atoms with Gasteiger partial charge in [-0.05, 0) is 66.6 Å². The number of fused-ring (bicyclic) bond motifs is 4. The van der Waals surface area contributed by atoms with Crippen molar-refractivity contribution in [1.29, 1.82) is 0 Å². The molecular weight excluding hydrogens is 693 g/mol. The number of rotatable bonds is 7. The second-order valence-electron chi connectivity index (χ2n) is 14.1. The standard InChI is InChI=1S/C53H36N4/c1-3-17-49-43(4-2)44-22-11-14-25-50(44)56(49)41-32-40(33-42(34-41)57-51-26-15-12-23-45(51)46-24-13-16-27-52(46)57)48-35-47(54-53(55-48)39-20-9-6-10-21-39)38-30-28-37(29-31-38)36-18-7-5-8-19-36/h2-3,5-35H,1H3/b17-3-. The molecule has 10 aromatic rings. The number of hydrogen-bond acceptors (Lipinski definition) is 2. The number of allylic oxidation sites excluding steroid dienone is 1. The molecule has 0 unspecified atom stereocenters. The van der Waals surface area contributed by atoms with E-state index < -0.39 is 0 Å². The number of nitrogens with zero attached hydrogens (tertiary/aromatic N) is 4. The number of aromatic nitrogens is 4. The van der Waals surface area contributed by atoms with Crippen LogP contribution in [0.5, 0.6) is 0 Å². The van der Waals surface area contributed by atoms with Gasteiger partial charge in [-0.2, -0.15) is 0 Å². The molecule has 3 aromatic heterocycles. The molecule has 7 aromatic carbocycles. The van der Waals surface area contributed by atoms with Crippen LogP contribution in [-0.2, 0) is 0 Å². The van der Waals surface area contributed by atoms with Gasteiger partial charge in [0.25, 0.3) is 0 Å². The van der Waals surface area contributed by atoms with E-state index in [1.54, 1.807) is 0 Å². The normalized spacial score (nSPS) is 11.5. The van der Waals surface area contributed by atoms with E-state index in [1.165, 1.54) is 16.3 Å². The highest BCUT2D eigenvalue weighted by Crippen LogP contribution is 2.38. The van der Waals surface area contributed by atoms with E-state index in [2.05, 4.69) is 179 Å². The Hall–Kier alpha value is -7.74. The van der Waals surface area contributed by atoms with Gasteiger partial charge >= 0.3 is 0 Å². The van der Waals surface area contributed by atoms with Crippen LogP contribution in [-0.4, -0.2) is 19.1 Å². The fourth-order valence-electron chi connectivity index (χ4n) is 8.13. The maximum atomic E-state index is 6.26. The minimum Gasteiger partial charge on any atom is -0.309 e. The largest absolute Gasteiger partial charge is 0.309 e. The third-order valence-electron chi connectivity index (χ3n) is 10.7. The van der Waals surface area contributed by atoms with Gasteiger partial charge in [0.1, 0.15) is 0 Å². The quantitative estimate of drug-likeness (QED) is 0.153. The second kappa shape index (κ2) is 14.2. The summed E-state index contributed by atoms with van der Waals surface area (Å²) in [5, 5.41) is 3.43. The van der Waals surface area contributed by atoms with Gasteiger partial charge in [-0.15, -0.1) is 6.42 Å². The molecule has 0 saturated heterocycles. The van der Waals surface area contributed by atoms with Crippen molar-refractivity contribution in [2.24, 2.45) is 0 Å². The van der Waals surface area contributed by atoms with E-state index in [1.807, 2.05) is 37.3 Å². The molecule has 0 amide bonds. The first-order valence-corrected chi connectivity index (χ1v) is 19.2. The van der Waals surface area contributed by atoms with Crippen molar-refractivity contribution in [3.05, 3.63) is 199 Å². The summed E-state index contributed by atoms with van der Waals surface area (Å²) in [6, 6.07) is 63.8. The molecule has 3 heterocycles. The van der Waals surface area contributed by atoms with Crippen LogP contribution in [0.3, 0.4) is 0 Å². The second-order valence-corrected chi connectivity index (χ2v) is 14.1. The molecule has 0 aliphatic heterocycles. The van der Waals surface area contributed by atoms with Crippen LogP contribution in [0.2, 0.25) is 0 Å². The van der Waals surface area contributed by atoms with Crippen LogP contribution in [0.1, 0.15) is 18.2 Å². The molecule has 10 rings (SSSR count). The minimum atomic E-state index is 0.662. The first kappa shape index (κ1) is 33.8. The highest BCUT2D eigenvalue weighted by Gasteiger charge is 2.20. The van der Waals surface area contributed by atoms with E-state index in [-0.39, 0.29) is 0 Å². The van der Waals surface area contributed by atoms with Crippen molar-refractivity contribution < 1.29 is 0 Å². The van der Waals surface area contributed by atoms with Crippen LogP contribution in [0, 0.1) is 12.3 Å². The van der Waals surface area contributed by atoms with E-state index in [9.17, 15) is 0 Å². The molecule has 268 valence electrons. The van der Waals surface area contributed by atoms with Gasteiger partial charge in [-0.1, -0.05) is 152 Å². The summed E-state index contributed by atoms with van der Waals surface area (Å²) >= 11 is 0. The monoisotopic (exact) mass is 728 g/mol. The van der Waals surface area contributed by atoms with E-state index in [0.717, 1.165) is 78.2 Å². The lowest BCUT2D eigenvalue weighted by molar-refractivity contribution is 1.08. The van der Waals surface area contributed by atoms with Crippen molar-refractivity contribution in [3.63, 3.8) is 0 Å². The van der Waals surface area contributed by atoms with Gasteiger partial charge in [0, 0.05) is 44.2 Å². The van der Waals surface area contributed by atoms with Gasteiger partial charge in [-0.3, -0.25) is 0 Å². The highest BCUT2D eigenvalue weighted by atomic mass is 15.0. The lowest BCUT2D eigenvalue weighted by Crippen LogP contribution is -2.03. The Morgan fingerprint density at radius 2 is 0.930 bits per heavy atom. The molecule has 0 aliphatic rings. The fourth-order valence-corrected chi connectivity index (χ4v) is 8.13. The first-order chi connectivity index (χ1) is 28.2. The smallest absolute Gasteiger partial charge is 0.160 e. The maximum absolute atomic E-state index is 6.26. The number of para-hydroxylation sites is 3. The summed E-state index contributed by atoms with van der Waals surface area (Å²) in [4.78, 5) is 10.5. The average molecular weight is 729 g/mol. The van der Waals surface area contributed by atoms with E-state index >= 15 is 0 Å². The Kier molecular flexibility index (Phi) is 8.39. The van der Waals surface area contributed by atoms with Crippen LogP contribution < -0.4 is 0 Å². The Labute approximate surface area is 331 Å². The highest BCUT2D eigenvalue weighted by molar-refractivity contribution is 6.09. The average Bonchev–Trinajstić information content (AvgIpc) is 3.79. The SMILES string of the molecule is C#Cc1c(/C=C\C)n(-c2cc(-c3cc(-c4ccc(-c5ccccc5)cc4)nc(-c4ccccc4)n3)cc(-n3c4ccccc4c4ccccc43)c2)c2ccccc12. The summed E-state index contributed by atoms with van der Waals surface area (Å²) in [5.41, 5.74) is 14.0. The Morgan fingerprint density at radius 1 is 0.456 bits per heavy atom. The Bertz CT molecular complexity index is 3120. The van der Waals surface area contributed by atoms with Crippen molar-refractivity contribution >= 4 is 38.8 Å². The molecule has 0 bridgehead atoms. The molecule has 0 atom stereocenters. The summed E-state index contributed by atoms with van der Waals surface area (Å²) in [7, 11) is 0. The van der Waals surface area contributed by atoms with Crippen molar-refractivity contribution in [1.82, 2.24) is 19.1 Å². The third-order valence-corrected chi connectivity index (χ3v) is 10.7. The molecule has 0 aliphatic carbocycles. The molecule has 4 nitrogen and oxygen atoms in total. The Morgan fingerprint density at radius 3 is 1.53 bits per heavy atom. The summed E-state index contributed by atoms with van der Waals surface area (Å²) < 4.78 is 4.65. The van der Waals surface area contributed by atoms with Crippen LogP contribution in [0.15, 0.2) is 188 Å². The summed E-state index contributed by atoms with van der Waals surface area (Å²) in [6.45, 7) is 2.03. The van der Waals surface area contributed by atoms with Gasteiger partial charge in [0.2, 0.25) is 0 Å². The zero-order valence-electron chi connectivity index (χ0n) is 31.3. The van der Waals surface area contributed by atoms with Crippen molar-refractivity contribution in [3.8, 4) is 68.7 Å². The van der Waals surface area contributed by atoms with Crippen molar-refractivity contribution in [2.75, 3.05) is 0 Å². The number of benzene rings is 7. The molecule has 4 heteroatoms. The predicted molar refractivity (Wildman–Crippen MR) is 238 cm³/mol. The van der Waals surface area contributed by atoms with E-state index in [0.29, 0.717) is 5.82 Å². The van der Waals surface area contributed by atoms with Crippen LogP contribution >= 0.6 is 0 Å². The first-order valence-electron chi connectivity index (χ1n) is 19.2. The lowest BCUT2D eigenvalue weighted by Gasteiger charge is -2.17. The topological polar surface area (TPSA) is 35.6 Å². The number of terminal acetylenes is 1. The summed E-state index contributed by atoms with van der Waals surface area (Å²) in [5.74, 6) is 3.68. The molecule has 0 radical (unpaired) electrons. The zero-order valence-corrected chi connectivity index (χ0v) is 31.3. The molecule has 0 saturated carbocycles. The van der Waals surface area contributed by atoms with Gasteiger partial charge in [0.15, 0.2) is 5.82 Å². The van der Waals surface area contributed by atoms with Crippen LogP contribution in [0.4, 0.5) is 0 Å². The molecule has 0 spiro atoms. The maximum Gasteiger partial charge on any atom is 0.160 e. The summed E-state index contributed by atoms with van der Waals surface area (Å²) in [6.07, 6.45) is 10.4. The van der Waals surface area contributed by atoms with Gasteiger partial charge in [0.05, 0.1) is 39.2 Å². The minimum absolute atomic E-state index is 0.662. The van der Waals surface area contributed by atoms with Crippen LogP contribution in [0.25, 0.3) is 95.2 Å². The molecule has 57 heavy (non-hydrogen) atoms. The molecule has 0 N–H and O–H groups in total. The third kappa shape index (κ3) is 5.90. The molecular formula is C53H36N4. The zero-order chi connectivity index (χ0) is 38.3.